The average Bonchev–Trinajstić information content (AvgIpc) is 3.03. The Kier molecular flexibility index (Phi) is 5.68. The van der Waals surface area contributed by atoms with Gasteiger partial charge in [-0.1, -0.05) is 35.2 Å². The highest BCUT2D eigenvalue weighted by Crippen LogP contribution is 2.29. The van der Waals surface area contributed by atoms with E-state index in [0.717, 1.165) is 19.4 Å². The van der Waals surface area contributed by atoms with Gasteiger partial charge in [0.25, 0.3) is 0 Å². The maximum atomic E-state index is 13.6. The summed E-state index contributed by atoms with van der Waals surface area (Å²) in [5.41, 5.74) is 0.364. The Morgan fingerprint density at radius 2 is 2.25 bits per heavy atom. The van der Waals surface area contributed by atoms with Crippen LogP contribution in [0.15, 0.2) is 28.6 Å². The minimum absolute atomic E-state index is 0.144. The number of piperidine rings is 1. The highest BCUT2D eigenvalue weighted by atomic mass is 32.2. The van der Waals surface area contributed by atoms with Gasteiger partial charge in [-0.05, 0) is 38.3 Å². The number of nitrogens with one attached hydrogen (secondary N) is 1. The van der Waals surface area contributed by atoms with Crippen LogP contribution in [0.1, 0.15) is 26.2 Å². The number of carbonyl (C=O) groups excluding carboxylic acids is 1. The molecule has 0 bridgehead atoms. The Bertz CT molecular complexity index is 709. The zero-order chi connectivity index (χ0) is 16.9. The monoisotopic (exact) mass is 366 g/mol. The molecule has 1 aliphatic heterocycles. The Labute approximate surface area is 148 Å². The Morgan fingerprint density at radius 3 is 3.04 bits per heavy atom. The number of rotatable bonds is 5. The van der Waals surface area contributed by atoms with Crippen molar-refractivity contribution in [3.63, 3.8) is 0 Å². The number of aromatic nitrogens is 2. The number of hydrogen-bond donors (Lipinski definition) is 1. The van der Waals surface area contributed by atoms with E-state index in [4.69, 9.17) is 0 Å². The molecule has 2 aromatic rings. The predicted molar refractivity (Wildman–Crippen MR) is 95.3 cm³/mol. The molecular weight excluding hydrogens is 347 g/mol. The lowest BCUT2D eigenvalue weighted by molar-refractivity contribution is -0.131. The molecule has 2 heterocycles. The second-order valence-electron chi connectivity index (χ2n) is 5.70. The summed E-state index contributed by atoms with van der Waals surface area (Å²) in [7, 11) is 0. The number of hydrogen-bond acceptors (Lipinski definition) is 6. The third-order valence-corrected chi connectivity index (χ3v) is 5.92. The zero-order valence-electron chi connectivity index (χ0n) is 13.4. The van der Waals surface area contributed by atoms with Crippen LogP contribution in [0, 0.1) is 5.82 Å². The number of halogens is 1. The number of nitrogens with zero attached hydrogens (tertiary/aromatic N) is 3. The Balaban J connectivity index is 1.54. The third kappa shape index (κ3) is 4.24. The van der Waals surface area contributed by atoms with Gasteiger partial charge >= 0.3 is 0 Å². The summed E-state index contributed by atoms with van der Waals surface area (Å²) in [6.45, 7) is 2.94. The largest absolute Gasteiger partial charge is 0.339 e. The summed E-state index contributed by atoms with van der Waals surface area (Å²) in [6.07, 6.45) is 3.35. The number of likely N-dealkylation sites (tertiary alicyclic amines) is 1. The summed E-state index contributed by atoms with van der Waals surface area (Å²) in [5.74, 6) is 0.167. The first kappa shape index (κ1) is 17.2. The summed E-state index contributed by atoms with van der Waals surface area (Å²) < 4.78 is 14.3. The lowest BCUT2D eigenvalue weighted by Crippen LogP contribution is -2.42. The second kappa shape index (κ2) is 7.94. The number of carbonyl (C=O) groups is 1. The highest BCUT2D eigenvalue weighted by Gasteiger charge is 2.23. The summed E-state index contributed by atoms with van der Waals surface area (Å²) in [4.78, 5) is 14.3. The molecule has 1 aromatic heterocycles. The summed E-state index contributed by atoms with van der Waals surface area (Å²) in [6, 6.07) is 6.73. The van der Waals surface area contributed by atoms with E-state index in [1.54, 1.807) is 18.2 Å². The fourth-order valence-electron chi connectivity index (χ4n) is 2.67. The van der Waals surface area contributed by atoms with Gasteiger partial charge in [0.05, 0.1) is 11.4 Å². The molecule has 0 saturated carbocycles. The van der Waals surface area contributed by atoms with Crippen LogP contribution in [0.5, 0.6) is 0 Å². The molecule has 0 spiro atoms. The zero-order valence-corrected chi connectivity index (χ0v) is 15.0. The quantitative estimate of drug-likeness (QED) is 0.813. The van der Waals surface area contributed by atoms with Crippen molar-refractivity contribution < 1.29 is 9.18 Å². The van der Waals surface area contributed by atoms with Crippen LogP contribution in [-0.2, 0) is 4.79 Å². The number of benzene rings is 1. The standard InChI is InChI=1S/C16H19FN4OS2/c1-11-6-4-5-9-21(11)14(22)10-23-16-20-19-15(24-16)18-13-8-3-2-7-12(13)17/h2-3,7-8,11H,4-6,9-10H2,1H3,(H,18,19)/t11-/m1/s1. The first-order valence-electron chi connectivity index (χ1n) is 7.91. The van der Waals surface area contributed by atoms with Gasteiger partial charge in [0.15, 0.2) is 4.34 Å². The van der Waals surface area contributed by atoms with Gasteiger partial charge in [-0.15, -0.1) is 10.2 Å². The maximum absolute atomic E-state index is 13.6. The molecule has 128 valence electrons. The molecule has 1 fully saturated rings. The van der Waals surface area contributed by atoms with Gasteiger partial charge in [-0.3, -0.25) is 4.79 Å². The molecule has 0 unspecified atom stereocenters. The van der Waals surface area contributed by atoms with E-state index in [2.05, 4.69) is 22.4 Å². The SMILES string of the molecule is C[C@@H]1CCCCN1C(=O)CSc1nnc(Nc2ccccc2F)s1. The molecule has 0 radical (unpaired) electrons. The van der Waals surface area contributed by atoms with Crippen molar-refractivity contribution >= 4 is 39.8 Å². The molecule has 1 atom stereocenters. The lowest BCUT2D eigenvalue weighted by atomic mass is 10.0. The predicted octanol–water partition coefficient (Wildman–Crippen LogP) is 3.91. The minimum Gasteiger partial charge on any atom is -0.339 e. The number of thioether (sulfide) groups is 1. The summed E-state index contributed by atoms with van der Waals surface area (Å²) in [5, 5.41) is 11.5. The van der Waals surface area contributed by atoms with Crippen LogP contribution in [0.3, 0.4) is 0 Å². The second-order valence-corrected chi connectivity index (χ2v) is 7.90. The Hall–Kier alpha value is -1.67. The smallest absolute Gasteiger partial charge is 0.233 e. The molecule has 1 aliphatic rings. The van der Waals surface area contributed by atoms with Gasteiger partial charge in [0, 0.05) is 12.6 Å². The first-order valence-corrected chi connectivity index (χ1v) is 9.71. The number of anilines is 2. The molecule has 3 rings (SSSR count). The molecule has 0 aliphatic carbocycles. The van der Waals surface area contributed by atoms with E-state index < -0.39 is 0 Å². The fourth-order valence-corrected chi connectivity index (χ4v) is 4.32. The first-order chi connectivity index (χ1) is 11.6. The topological polar surface area (TPSA) is 58.1 Å². The molecule has 1 N–H and O–H groups in total. The third-order valence-electron chi connectivity index (χ3n) is 3.96. The molecule has 1 aromatic carbocycles. The normalized spacial score (nSPS) is 17.8. The van der Waals surface area contributed by atoms with Crippen molar-refractivity contribution in [1.82, 2.24) is 15.1 Å². The van der Waals surface area contributed by atoms with Crippen LogP contribution >= 0.6 is 23.1 Å². The number of para-hydroxylation sites is 1. The fraction of sp³-hybridized carbons (Fsp3) is 0.438. The van der Waals surface area contributed by atoms with E-state index in [0.29, 0.717) is 27.0 Å². The maximum Gasteiger partial charge on any atom is 0.233 e. The average molecular weight is 366 g/mol. The molecule has 1 amide bonds. The molecule has 24 heavy (non-hydrogen) atoms. The van der Waals surface area contributed by atoms with Gasteiger partial charge in [0.1, 0.15) is 5.82 Å². The van der Waals surface area contributed by atoms with Gasteiger partial charge < -0.3 is 10.2 Å². The summed E-state index contributed by atoms with van der Waals surface area (Å²) >= 11 is 2.70. The Morgan fingerprint density at radius 1 is 1.42 bits per heavy atom. The van der Waals surface area contributed by atoms with E-state index in [9.17, 15) is 9.18 Å². The van der Waals surface area contributed by atoms with Crippen molar-refractivity contribution in [2.24, 2.45) is 0 Å². The molecule has 5 nitrogen and oxygen atoms in total. The van der Waals surface area contributed by atoms with Crippen LogP contribution in [0.4, 0.5) is 15.2 Å². The molecule has 1 saturated heterocycles. The van der Waals surface area contributed by atoms with Crippen molar-refractivity contribution in [3.05, 3.63) is 30.1 Å². The minimum atomic E-state index is -0.337. The van der Waals surface area contributed by atoms with Gasteiger partial charge in [-0.2, -0.15) is 0 Å². The van der Waals surface area contributed by atoms with Crippen LogP contribution in [0.2, 0.25) is 0 Å². The lowest BCUT2D eigenvalue weighted by Gasteiger charge is -2.33. The van der Waals surface area contributed by atoms with Crippen LogP contribution in [-0.4, -0.2) is 39.3 Å². The van der Waals surface area contributed by atoms with Crippen molar-refractivity contribution in [2.45, 2.75) is 36.6 Å². The van der Waals surface area contributed by atoms with Crippen molar-refractivity contribution in [3.8, 4) is 0 Å². The van der Waals surface area contributed by atoms with Crippen LogP contribution < -0.4 is 5.32 Å². The number of amides is 1. The molecular formula is C16H19FN4OS2. The van der Waals surface area contributed by atoms with Gasteiger partial charge in [-0.25, -0.2) is 4.39 Å². The molecule has 8 heteroatoms. The highest BCUT2D eigenvalue weighted by molar-refractivity contribution is 8.01. The van der Waals surface area contributed by atoms with E-state index >= 15 is 0 Å². The van der Waals surface area contributed by atoms with E-state index in [1.807, 2.05) is 4.90 Å². The van der Waals surface area contributed by atoms with Gasteiger partial charge in [0.2, 0.25) is 11.0 Å². The van der Waals surface area contributed by atoms with E-state index in [1.165, 1.54) is 35.6 Å². The van der Waals surface area contributed by atoms with Crippen molar-refractivity contribution in [1.29, 1.82) is 0 Å². The van der Waals surface area contributed by atoms with Crippen molar-refractivity contribution in [2.75, 3.05) is 17.6 Å². The van der Waals surface area contributed by atoms with Crippen LogP contribution in [0.25, 0.3) is 0 Å². The van der Waals surface area contributed by atoms with E-state index in [-0.39, 0.29) is 11.7 Å².